The molecule has 0 saturated carbocycles. The van der Waals surface area contributed by atoms with Crippen molar-refractivity contribution in [2.24, 2.45) is 0 Å². The van der Waals surface area contributed by atoms with Gasteiger partial charge in [0, 0.05) is 20.4 Å². The predicted molar refractivity (Wildman–Crippen MR) is 31.5 cm³/mol. The number of aromatic nitrogens is 2. The summed E-state index contributed by atoms with van der Waals surface area (Å²) in [6.07, 6.45) is 4.70. The van der Waals surface area contributed by atoms with Crippen LogP contribution in [0.1, 0.15) is 25.3 Å². The van der Waals surface area contributed by atoms with Crippen LogP contribution in [-0.4, -0.2) is 10.2 Å². The minimum absolute atomic E-state index is 0. The van der Waals surface area contributed by atoms with E-state index in [0.29, 0.717) is 5.92 Å². The fourth-order valence-electron chi connectivity index (χ4n) is 0.527. The van der Waals surface area contributed by atoms with Gasteiger partial charge in [-0.15, -0.1) is 12.4 Å². The summed E-state index contributed by atoms with van der Waals surface area (Å²) < 4.78 is 0. The van der Waals surface area contributed by atoms with Crippen LogP contribution in [0.15, 0.2) is 6.20 Å². The smallest absolute Gasteiger partial charge is 0 e. The van der Waals surface area contributed by atoms with Crippen molar-refractivity contribution in [3.05, 3.63) is 18.0 Å². The monoisotopic (exact) mass is 296 g/mol. The van der Waals surface area contributed by atoms with Crippen molar-refractivity contribution >= 4 is 0 Å². The van der Waals surface area contributed by atoms with Gasteiger partial charge < -0.3 is 10.2 Å². The molecule has 0 fully saturated rings. The number of hydrogen-bond acceptors (Lipinski definition) is 1. The van der Waals surface area contributed by atoms with Crippen LogP contribution in [0.3, 0.4) is 0 Å². The topological polar surface area (TPSA) is 28.7 Å². The fraction of sp³-hybridized carbons (Fsp3) is 0.500. The maximum absolute atomic E-state index is 3.69. The van der Waals surface area contributed by atoms with Gasteiger partial charge in [0.1, 0.15) is 0 Å². The molecule has 2 nitrogen and oxygen atoms in total. The van der Waals surface area contributed by atoms with Crippen molar-refractivity contribution in [3.8, 4) is 0 Å². The van der Waals surface area contributed by atoms with Crippen molar-refractivity contribution in [1.29, 1.82) is 0 Å². The average Bonchev–Trinajstić information content (AvgIpc) is 2.12. The first-order valence-electron chi connectivity index (χ1n) is 2.72. The Hall–Kier alpha value is -0.128. The number of hydrogen-bond donors (Lipinski definition) is 1. The molecule has 1 radical (unpaired) electrons. The third kappa shape index (κ3) is 2.30. The van der Waals surface area contributed by atoms with E-state index < -0.39 is 0 Å². The van der Waals surface area contributed by atoms with E-state index in [1.807, 2.05) is 6.20 Å². The number of rotatable bonds is 1. The zero-order valence-electron chi connectivity index (χ0n) is 5.48. The number of nitrogens with zero attached hydrogens (tertiary/aromatic N) is 1. The third-order valence-electron chi connectivity index (χ3n) is 1.09. The van der Waals surface area contributed by atoms with Crippen molar-refractivity contribution in [2.75, 3.05) is 0 Å². The standard InChI is InChI=1S/C6H9N2.Re/c1-5(2)6-3-7-8-4-6;/h3,5H,1-2H3,(H,7,8);/q-1;. The van der Waals surface area contributed by atoms with E-state index in [4.69, 9.17) is 0 Å². The Morgan fingerprint density at radius 1 is 1.67 bits per heavy atom. The molecule has 0 bridgehead atoms. The second kappa shape index (κ2) is 3.81. The van der Waals surface area contributed by atoms with Gasteiger partial charge in [-0.05, 0) is 0 Å². The molecular weight excluding hydrogens is 286 g/mol. The quantitative estimate of drug-likeness (QED) is 0.778. The molecule has 51 valence electrons. The first kappa shape index (κ1) is 8.87. The van der Waals surface area contributed by atoms with Crippen LogP contribution >= 0.6 is 0 Å². The largest absolute Gasteiger partial charge is 0.382 e. The van der Waals surface area contributed by atoms with E-state index in [2.05, 4.69) is 30.2 Å². The Labute approximate surface area is 68.7 Å². The van der Waals surface area contributed by atoms with Crippen LogP contribution in [0.2, 0.25) is 0 Å². The molecule has 0 saturated heterocycles. The summed E-state index contributed by atoms with van der Waals surface area (Å²) in [6.45, 7) is 4.22. The second-order valence-corrected chi connectivity index (χ2v) is 2.11. The van der Waals surface area contributed by atoms with Crippen molar-refractivity contribution < 1.29 is 20.4 Å². The maximum Gasteiger partial charge on any atom is 0 e. The molecule has 1 aromatic rings. The average molecular weight is 295 g/mol. The maximum atomic E-state index is 3.69. The van der Waals surface area contributed by atoms with Gasteiger partial charge in [-0.25, -0.2) is 0 Å². The summed E-state index contributed by atoms with van der Waals surface area (Å²) >= 11 is 0. The SMILES string of the molecule is CC(C)c1[c-]n[nH]c1.[Re]. The molecule has 9 heavy (non-hydrogen) atoms. The van der Waals surface area contributed by atoms with Gasteiger partial charge in [-0.1, -0.05) is 19.8 Å². The van der Waals surface area contributed by atoms with Gasteiger partial charge >= 0.3 is 0 Å². The molecule has 0 amide bonds. The van der Waals surface area contributed by atoms with Crippen LogP contribution < -0.4 is 0 Å². The Balaban J connectivity index is 0.000000640. The van der Waals surface area contributed by atoms with Crippen LogP contribution in [-0.2, 0) is 20.4 Å². The van der Waals surface area contributed by atoms with Gasteiger partial charge in [0.05, 0.1) is 0 Å². The summed E-state index contributed by atoms with van der Waals surface area (Å²) in [6, 6.07) is 0. The summed E-state index contributed by atoms with van der Waals surface area (Å²) in [4.78, 5) is 0. The molecule has 1 N–H and O–H groups in total. The van der Waals surface area contributed by atoms with Gasteiger partial charge in [-0.3, -0.25) is 0 Å². The van der Waals surface area contributed by atoms with E-state index in [9.17, 15) is 0 Å². The van der Waals surface area contributed by atoms with E-state index in [0.717, 1.165) is 5.56 Å². The first-order chi connectivity index (χ1) is 3.80. The second-order valence-electron chi connectivity index (χ2n) is 2.11. The summed E-state index contributed by atoms with van der Waals surface area (Å²) in [7, 11) is 0. The molecule has 3 heteroatoms. The minimum atomic E-state index is 0. The zero-order chi connectivity index (χ0) is 5.98. The minimum Gasteiger partial charge on any atom is -0.382 e. The molecule has 0 spiro atoms. The van der Waals surface area contributed by atoms with Crippen molar-refractivity contribution in [3.63, 3.8) is 0 Å². The Kier molecular flexibility index (Phi) is 3.76. The molecule has 1 heterocycles. The third-order valence-corrected chi connectivity index (χ3v) is 1.09. The fourth-order valence-corrected chi connectivity index (χ4v) is 0.527. The molecular formula is C6H9N2Re-. The van der Waals surface area contributed by atoms with E-state index in [1.165, 1.54) is 0 Å². The molecule has 0 aliphatic carbocycles. The summed E-state index contributed by atoms with van der Waals surface area (Å²) in [5.74, 6) is 0.536. The molecule has 1 rings (SSSR count). The Bertz CT molecular complexity index is 146. The molecule has 0 aliphatic rings. The molecule has 0 atom stereocenters. The summed E-state index contributed by atoms with van der Waals surface area (Å²) in [5, 5.41) is 6.40. The van der Waals surface area contributed by atoms with Gasteiger partial charge in [0.15, 0.2) is 0 Å². The van der Waals surface area contributed by atoms with E-state index in [1.54, 1.807) is 0 Å². The van der Waals surface area contributed by atoms with Crippen LogP contribution in [0, 0.1) is 6.20 Å². The van der Waals surface area contributed by atoms with Crippen LogP contribution in [0.5, 0.6) is 0 Å². The molecule has 1 aromatic heterocycles. The number of H-pyrrole nitrogens is 1. The van der Waals surface area contributed by atoms with Gasteiger partial charge in [0.2, 0.25) is 0 Å². The molecule has 0 aliphatic heterocycles. The predicted octanol–water partition coefficient (Wildman–Crippen LogP) is 1.33. The first-order valence-corrected chi connectivity index (χ1v) is 2.72. The van der Waals surface area contributed by atoms with E-state index >= 15 is 0 Å². The van der Waals surface area contributed by atoms with E-state index in [-0.39, 0.29) is 20.4 Å². The van der Waals surface area contributed by atoms with Crippen LogP contribution in [0.25, 0.3) is 0 Å². The zero-order valence-corrected chi connectivity index (χ0v) is 8.20. The van der Waals surface area contributed by atoms with Crippen LogP contribution in [0.4, 0.5) is 0 Å². The Morgan fingerprint density at radius 3 is 2.56 bits per heavy atom. The normalized spacial score (nSPS) is 9.22. The molecule has 0 unspecified atom stereocenters. The number of nitrogens with one attached hydrogen (secondary N) is 1. The summed E-state index contributed by atoms with van der Waals surface area (Å²) in [5.41, 5.74) is 1.14. The Morgan fingerprint density at radius 2 is 2.33 bits per heavy atom. The van der Waals surface area contributed by atoms with Gasteiger partial charge in [0.25, 0.3) is 0 Å². The number of aromatic amines is 1. The van der Waals surface area contributed by atoms with Crippen molar-refractivity contribution in [1.82, 2.24) is 10.2 Å². The van der Waals surface area contributed by atoms with Gasteiger partial charge in [-0.2, -0.15) is 5.56 Å². The van der Waals surface area contributed by atoms with Crippen molar-refractivity contribution in [2.45, 2.75) is 19.8 Å². The molecule has 0 aromatic carbocycles.